The van der Waals surface area contributed by atoms with Crippen molar-refractivity contribution in [2.45, 2.75) is 0 Å². The van der Waals surface area contributed by atoms with Crippen LogP contribution in [-0.2, 0) is 4.74 Å². The van der Waals surface area contributed by atoms with Crippen LogP contribution in [0.5, 0.6) is 0 Å². The molecular formula is C3H5NO7. The molecule has 8 nitrogen and oxygen atoms in total. The van der Waals surface area contributed by atoms with E-state index in [9.17, 15) is 9.59 Å². The fourth-order valence-corrected chi connectivity index (χ4v) is 0.0861. The van der Waals surface area contributed by atoms with Crippen molar-refractivity contribution < 1.29 is 34.4 Å². The zero-order valence-electron chi connectivity index (χ0n) is 5.05. The van der Waals surface area contributed by atoms with E-state index in [0.717, 1.165) is 0 Å². The van der Waals surface area contributed by atoms with Crippen molar-refractivity contribution in [1.82, 2.24) is 0 Å². The van der Waals surface area contributed by atoms with Crippen molar-refractivity contribution in [3.8, 4) is 0 Å². The van der Waals surface area contributed by atoms with Crippen molar-refractivity contribution in [2.75, 3.05) is 0 Å². The molecule has 0 saturated carbocycles. The second kappa shape index (κ2) is 6.13. The highest BCUT2D eigenvalue weighted by molar-refractivity contribution is 5.78. The fourth-order valence-electron chi connectivity index (χ4n) is 0.0861. The average molecular weight is 167 g/mol. The smallest absolute Gasteiger partial charge is 0.450 e. The van der Waals surface area contributed by atoms with Crippen LogP contribution in [0.15, 0.2) is 0 Å². The van der Waals surface area contributed by atoms with Crippen LogP contribution < -0.4 is 5.73 Å². The Balaban J connectivity index is 0. The van der Waals surface area contributed by atoms with E-state index in [0.29, 0.717) is 0 Å². The summed E-state index contributed by atoms with van der Waals surface area (Å²) in [6.45, 7) is 0. The summed E-state index contributed by atoms with van der Waals surface area (Å²) in [6.07, 6.45) is -4.83. The van der Waals surface area contributed by atoms with Crippen molar-refractivity contribution in [2.24, 2.45) is 5.73 Å². The number of ether oxygens (including phenoxy) is 1. The first-order valence-corrected chi connectivity index (χ1v) is 1.98. The average Bonchev–Trinajstić information content (AvgIpc) is 1.56. The summed E-state index contributed by atoms with van der Waals surface area (Å²) < 4.78 is 3.31. The van der Waals surface area contributed by atoms with Gasteiger partial charge in [-0.05, 0) is 0 Å². The summed E-state index contributed by atoms with van der Waals surface area (Å²) >= 11 is 0. The molecule has 0 fully saturated rings. The van der Waals surface area contributed by atoms with E-state index in [-0.39, 0.29) is 0 Å². The van der Waals surface area contributed by atoms with Crippen LogP contribution in [0, 0.1) is 0 Å². The number of primary amides is 1. The van der Waals surface area contributed by atoms with Gasteiger partial charge in [0.05, 0.1) is 0 Å². The van der Waals surface area contributed by atoms with Gasteiger partial charge in [-0.3, -0.25) is 0 Å². The number of hydrogen-bond acceptors (Lipinski definition) is 4. The zero-order valence-corrected chi connectivity index (χ0v) is 5.05. The van der Waals surface area contributed by atoms with Crippen LogP contribution >= 0.6 is 0 Å². The first-order chi connectivity index (χ1) is 4.86. The largest absolute Gasteiger partial charge is 0.514 e. The van der Waals surface area contributed by atoms with Gasteiger partial charge in [-0.15, -0.1) is 0 Å². The van der Waals surface area contributed by atoms with Gasteiger partial charge in [0.25, 0.3) is 0 Å². The highest BCUT2D eigenvalue weighted by Crippen LogP contribution is 1.70. The Hall–Kier alpha value is -1.99. The first-order valence-electron chi connectivity index (χ1n) is 1.98. The van der Waals surface area contributed by atoms with E-state index in [1.807, 2.05) is 0 Å². The van der Waals surface area contributed by atoms with Crippen molar-refractivity contribution in [3.63, 3.8) is 0 Å². The number of carbonyl (C=O) groups is 3. The normalized spacial score (nSPS) is 6.91. The van der Waals surface area contributed by atoms with Crippen LogP contribution in [-0.4, -0.2) is 33.7 Å². The monoisotopic (exact) mass is 167 g/mol. The third-order valence-electron chi connectivity index (χ3n) is 0.188. The molecule has 5 N–H and O–H groups in total. The molecule has 0 aliphatic rings. The molecule has 64 valence electrons. The molecule has 0 saturated heterocycles. The van der Waals surface area contributed by atoms with Crippen LogP contribution in [0.2, 0.25) is 0 Å². The molecule has 1 amide bonds. The van der Waals surface area contributed by atoms with Gasteiger partial charge >= 0.3 is 18.4 Å². The third-order valence-corrected chi connectivity index (χ3v) is 0.188. The molecule has 0 spiro atoms. The minimum Gasteiger partial charge on any atom is -0.450 e. The molecule has 0 aromatic carbocycles. The molecule has 0 unspecified atom stereocenters. The number of carbonyl (C=O) groups excluding carboxylic acids is 1. The van der Waals surface area contributed by atoms with Crippen LogP contribution in [0.1, 0.15) is 0 Å². The quantitative estimate of drug-likeness (QED) is 0.292. The SMILES string of the molecule is NC(=O)OC(=O)O.O=C(O)O. The Morgan fingerprint density at radius 3 is 1.36 bits per heavy atom. The molecule has 8 heteroatoms. The summed E-state index contributed by atoms with van der Waals surface area (Å²) in [6, 6.07) is 0. The van der Waals surface area contributed by atoms with Gasteiger partial charge in [0.2, 0.25) is 0 Å². The number of nitrogens with two attached hydrogens (primary N) is 1. The van der Waals surface area contributed by atoms with E-state index in [1.54, 1.807) is 0 Å². The summed E-state index contributed by atoms with van der Waals surface area (Å²) in [5, 5.41) is 21.5. The molecule has 0 aromatic rings. The van der Waals surface area contributed by atoms with E-state index in [2.05, 4.69) is 10.5 Å². The Morgan fingerprint density at radius 1 is 1.09 bits per heavy atom. The lowest BCUT2D eigenvalue weighted by Gasteiger charge is -1.85. The molecule has 0 aliphatic carbocycles. The lowest BCUT2D eigenvalue weighted by atomic mass is 11.2. The Bertz CT molecular complexity index is 147. The molecule has 11 heavy (non-hydrogen) atoms. The molecule has 0 bridgehead atoms. The molecule has 0 rings (SSSR count). The maximum absolute atomic E-state index is 9.43. The van der Waals surface area contributed by atoms with E-state index >= 15 is 0 Å². The van der Waals surface area contributed by atoms with Gasteiger partial charge in [0.1, 0.15) is 0 Å². The van der Waals surface area contributed by atoms with Gasteiger partial charge in [-0.2, -0.15) is 0 Å². The minimum absolute atomic E-state index is 1.31. The Morgan fingerprint density at radius 2 is 1.36 bits per heavy atom. The van der Waals surface area contributed by atoms with Gasteiger partial charge in [0, 0.05) is 0 Å². The maximum Gasteiger partial charge on any atom is 0.514 e. The number of carboxylic acid groups (broad SMARTS) is 3. The standard InChI is InChI=1S/C2H3NO4.CH2O3/c3-1(4)7-2(5)6;2-1(3)4/h(H2,3,4)(H,5,6);(H2,2,3,4). The van der Waals surface area contributed by atoms with Gasteiger partial charge in [-0.25, -0.2) is 14.4 Å². The van der Waals surface area contributed by atoms with Crippen molar-refractivity contribution >= 4 is 18.4 Å². The fraction of sp³-hybridized carbons (Fsp3) is 0. The number of rotatable bonds is 0. The second-order valence-corrected chi connectivity index (χ2v) is 0.970. The van der Waals surface area contributed by atoms with Crippen LogP contribution in [0.4, 0.5) is 14.4 Å². The van der Waals surface area contributed by atoms with Gasteiger partial charge < -0.3 is 25.8 Å². The first kappa shape index (κ1) is 11.8. The molecule has 0 atom stereocenters. The lowest BCUT2D eigenvalue weighted by molar-refractivity contribution is 0.114. The van der Waals surface area contributed by atoms with Gasteiger partial charge in [-0.1, -0.05) is 0 Å². The third kappa shape index (κ3) is 71.6. The summed E-state index contributed by atoms with van der Waals surface area (Å²) in [5.74, 6) is 0. The predicted molar refractivity (Wildman–Crippen MR) is 29.3 cm³/mol. The molecule has 0 radical (unpaired) electrons. The molecule has 0 aromatic heterocycles. The van der Waals surface area contributed by atoms with Crippen molar-refractivity contribution in [1.29, 1.82) is 0 Å². The second-order valence-electron chi connectivity index (χ2n) is 0.970. The van der Waals surface area contributed by atoms with Crippen molar-refractivity contribution in [3.05, 3.63) is 0 Å². The highest BCUT2D eigenvalue weighted by Gasteiger charge is 1.98. The molecule has 0 heterocycles. The van der Waals surface area contributed by atoms with E-state index < -0.39 is 18.4 Å². The van der Waals surface area contributed by atoms with E-state index in [1.165, 1.54) is 0 Å². The highest BCUT2D eigenvalue weighted by atomic mass is 16.7. The topological polar surface area (TPSA) is 147 Å². The maximum atomic E-state index is 9.43. The Kier molecular flexibility index (Phi) is 6.56. The number of amides is 1. The lowest BCUT2D eigenvalue weighted by Crippen LogP contribution is -2.16. The zero-order chi connectivity index (χ0) is 9.44. The minimum atomic E-state index is -1.83. The Labute approximate surface area is 59.8 Å². The number of hydrogen-bond donors (Lipinski definition) is 4. The summed E-state index contributed by atoms with van der Waals surface area (Å²) in [5.41, 5.74) is 4.25. The predicted octanol–water partition coefficient (Wildman–Crippen LogP) is -0.0179. The van der Waals surface area contributed by atoms with E-state index in [4.69, 9.17) is 20.1 Å². The molecular weight excluding hydrogens is 162 g/mol. The summed E-state index contributed by atoms with van der Waals surface area (Å²) in [7, 11) is 0. The molecule has 0 aliphatic heterocycles. The van der Waals surface area contributed by atoms with Crippen LogP contribution in [0.3, 0.4) is 0 Å². The van der Waals surface area contributed by atoms with Crippen LogP contribution in [0.25, 0.3) is 0 Å². The summed E-state index contributed by atoms with van der Waals surface area (Å²) in [4.78, 5) is 27.3. The van der Waals surface area contributed by atoms with Gasteiger partial charge in [0.15, 0.2) is 0 Å².